The van der Waals surface area contributed by atoms with Crippen LogP contribution in [0.3, 0.4) is 0 Å². The van der Waals surface area contributed by atoms with Crippen molar-refractivity contribution in [3.05, 3.63) is 71.4 Å². The van der Waals surface area contributed by atoms with Crippen LogP contribution in [0.25, 0.3) is 23.2 Å². The zero-order chi connectivity index (χ0) is 20.4. The standard InChI is InChI=1S/C23H24N4O2/c1-14(2)19-12-28-22(24-19)18-11-17(10-16-8-6-5-7-9-16)21(27-26-18)23-25-20(13-29-23)15(3)4/h5-9,11-15H,10H2,1-4H3. The zero-order valence-electron chi connectivity index (χ0n) is 17.1. The van der Waals surface area contributed by atoms with Crippen molar-refractivity contribution in [2.45, 2.75) is 46.0 Å². The van der Waals surface area contributed by atoms with Crippen LogP contribution in [0.2, 0.25) is 0 Å². The van der Waals surface area contributed by atoms with Gasteiger partial charge in [-0.1, -0.05) is 58.0 Å². The van der Waals surface area contributed by atoms with Gasteiger partial charge in [0.2, 0.25) is 11.8 Å². The Morgan fingerprint density at radius 1 is 0.793 bits per heavy atom. The molecule has 0 aliphatic carbocycles. The van der Waals surface area contributed by atoms with E-state index in [2.05, 4.69) is 60.0 Å². The first kappa shape index (κ1) is 19.1. The number of aromatic nitrogens is 4. The molecule has 0 saturated carbocycles. The average molecular weight is 388 g/mol. The first-order chi connectivity index (χ1) is 14.0. The molecule has 1 aromatic carbocycles. The first-order valence-corrected chi connectivity index (χ1v) is 9.83. The Labute approximate surface area is 170 Å². The Kier molecular flexibility index (Phi) is 5.25. The molecular formula is C23H24N4O2. The molecule has 0 amide bonds. The highest BCUT2D eigenvalue weighted by atomic mass is 16.3. The molecule has 3 aromatic heterocycles. The molecule has 0 atom stereocenters. The van der Waals surface area contributed by atoms with Gasteiger partial charge in [0, 0.05) is 0 Å². The van der Waals surface area contributed by atoms with Gasteiger partial charge in [-0.05, 0) is 35.4 Å². The van der Waals surface area contributed by atoms with E-state index in [1.165, 1.54) is 5.56 Å². The monoisotopic (exact) mass is 388 g/mol. The summed E-state index contributed by atoms with van der Waals surface area (Å²) in [5.41, 5.74) is 5.15. The number of benzene rings is 1. The summed E-state index contributed by atoms with van der Waals surface area (Å²) in [4.78, 5) is 9.15. The molecule has 0 aliphatic heterocycles. The molecule has 0 unspecified atom stereocenters. The van der Waals surface area contributed by atoms with Crippen LogP contribution >= 0.6 is 0 Å². The SMILES string of the molecule is CC(C)c1coc(-c2cc(Cc3ccccc3)c(-c3nc(C(C)C)co3)nn2)n1. The summed E-state index contributed by atoms with van der Waals surface area (Å²) in [5.74, 6) is 1.51. The Morgan fingerprint density at radius 2 is 1.41 bits per heavy atom. The lowest BCUT2D eigenvalue weighted by atomic mass is 10.0. The summed E-state index contributed by atoms with van der Waals surface area (Å²) in [5, 5.41) is 8.79. The van der Waals surface area contributed by atoms with Crippen LogP contribution < -0.4 is 0 Å². The number of hydrogen-bond acceptors (Lipinski definition) is 6. The van der Waals surface area contributed by atoms with E-state index in [-0.39, 0.29) is 11.8 Å². The minimum absolute atomic E-state index is 0.277. The maximum atomic E-state index is 5.72. The summed E-state index contributed by atoms with van der Waals surface area (Å²) in [6, 6.07) is 12.2. The van der Waals surface area contributed by atoms with Crippen molar-refractivity contribution in [1.82, 2.24) is 20.2 Å². The van der Waals surface area contributed by atoms with E-state index in [1.807, 2.05) is 24.3 Å². The number of hydrogen-bond donors (Lipinski definition) is 0. The van der Waals surface area contributed by atoms with Gasteiger partial charge < -0.3 is 8.83 Å². The normalized spacial score (nSPS) is 11.5. The number of nitrogens with zero attached hydrogens (tertiary/aromatic N) is 4. The van der Waals surface area contributed by atoms with Crippen LogP contribution in [0.15, 0.2) is 57.8 Å². The molecule has 0 radical (unpaired) electrons. The molecule has 0 spiro atoms. The predicted octanol–water partition coefficient (Wildman–Crippen LogP) is 5.62. The van der Waals surface area contributed by atoms with E-state index < -0.39 is 0 Å². The second kappa shape index (κ2) is 7.99. The van der Waals surface area contributed by atoms with Gasteiger partial charge in [0.25, 0.3) is 0 Å². The van der Waals surface area contributed by atoms with Gasteiger partial charge >= 0.3 is 0 Å². The van der Waals surface area contributed by atoms with Gasteiger partial charge in [-0.25, -0.2) is 9.97 Å². The molecule has 29 heavy (non-hydrogen) atoms. The average Bonchev–Trinajstić information content (AvgIpc) is 3.39. The molecule has 0 fully saturated rings. The molecule has 0 aliphatic rings. The third-order valence-corrected chi connectivity index (χ3v) is 4.76. The highest BCUT2D eigenvalue weighted by Crippen LogP contribution is 2.28. The lowest BCUT2D eigenvalue weighted by Crippen LogP contribution is -2.00. The van der Waals surface area contributed by atoms with Crippen LogP contribution in [0.5, 0.6) is 0 Å². The second-order valence-corrected chi connectivity index (χ2v) is 7.73. The van der Waals surface area contributed by atoms with Gasteiger partial charge in [0.15, 0.2) is 5.69 Å². The minimum Gasteiger partial charge on any atom is -0.443 e. The number of rotatable bonds is 6. The Balaban J connectivity index is 1.77. The Hall–Kier alpha value is -3.28. The molecule has 4 aromatic rings. The lowest BCUT2D eigenvalue weighted by molar-refractivity contribution is 0.562. The zero-order valence-corrected chi connectivity index (χ0v) is 17.1. The molecule has 0 bridgehead atoms. The highest BCUT2D eigenvalue weighted by molar-refractivity contribution is 5.59. The third-order valence-electron chi connectivity index (χ3n) is 4.76. The van der Waals surface area contributed by atoms with Crippen LogP contribution in [0, 0.1) is 0 Å². The van der Waals surface area contributed by atoms with Crippen LogP contribution in [0.1, 0.15) is 62.0 Å². The largest absolute Gasteiger partial charge is 0.443 e. The molecule has 148 valence electrons. The van der Waals surface area contributed by atoms with Crippen molar-refractivity contribution in [2.75, 3.05) is 0 Å². The van der Waals surface area contributed by atoms with Gasteiger partial charge in [-0.15, -0.1) is 10.2 Å². The quantitative estimate of drug-likeness (QED) is 0.426. The smallest absolute Gasteiger partial charge is 0.247 e. The number of oxazole rings is 2. The van der Waals surface area contributed by atoms with Gasteiger partial charge in [0.05, 0.1) is 11.4 Å². The molecular weight excluding hydrogens is 364 g/mol. The van der Waals surface area contributed by atoms with E-state index in [0.717, 1.165) is 17.0 Å². The summed E-state index contributed by atoms with van der Waals surface area (Å²) < 4.78 is 11.4. The molecule has 3 heterocycles. The lowest BCUT2D eigenvalue weighted by Gasteiger charge is -2.07. The Bertz CT molecular complexity index is 1100. The maximum Gasteiger partial charge on any atom is 0.247 e. The van der Waals surface area contributed by atoms with Crippen molar-refractivity contribution < 1.29 is 8.83 Å². The third kappa shape index (κ3) is 4.11. The van der Waals surface area contributed by atoms with Crippen molar-refractivity contribution in [3.63, 3.8) is 0 Å². The second-order valence-electron chi connectivity index (χ2n) is 7.73. The van der Waals surface area contributed by atoms with Crippen LogP contribution in [-0.4, -0.2) is 20.2 Å². The molecule has 6 nitrogen and oxygen atoms in total. The van der Waals surface area contributed by atoms with E-state index in [1.54, 1.807) is 12.5 Å². The maximum absolute atomic E-state index is 5.72. The van der Waals surface area contributed by atoms with Crippen molar-refractivity contribution >= 4 is 0 Å². The van der Waals surface area contributed by atoms with Crippen molar-refractivity contribution in [3.8, 4) is 23.2 Å². The summed E-state index contributed by atoms with van der Waals surface area (Å²) in [6.45, 7) is 8.31. The van der Waals surface area contributed by atoms with Gasteiger partial charge in [0.1, 0.15) is 18.2 Å². The predicted molar refractivity (Wildman–Crippen MR) is 110 cm³/mol. The van der Waals surface area contributed by atoms with Gasteiger partial charge in [-0.3, -0.25) is 0 Å². The highest BCUT2D eigenvalue weighted by Gasteiger charge is 2.19. The molecule has 6 heteroatoms. The Morgan fingerprint density at radius 3 is 2.03 bits per heavy atom. The fourth-order valence-corrected chi connectivity index (χ4v) is 2.99. The molecule has 0 N–H and O–H groups in total. The van der Waals surface area contributed by atoms with Crippen molar-refractivity contribution in [2.24, 2.45) is 0 Å². The molecule has 0 saturated heterocycles. The van der Waals surface area contributed by atoms with E-state index in [9.17, 15) is 0 Å². The van der Waals surface area contributed by atoms with Crippen LogP contribution in [0.4, 0.5) is 0 Å². The first-order valence-electron chi connectivity index (χ1n) is 9.83. The van der Waals surface area contributed by atoms with E-state index in [0.29, 0.717) is 29.6 Å². The van der Waals surface area contributed by atoms with Crippen molar-refractivity contribution in [1.29, 1.82) is 0 Å². The molecule has 4 rings (SSSR count). The summed E-state index contributed by atoms with van der Waals surface area (Å²) >= 11 is 0. The topological polar surface area (TPSA) is 77.8 Å². The van der Waals surface area contributed by atoms with Gasteiger partial charge in [-0.2, -0.15) is 0 Å². The fourth-order valence-electron chi connectivity index (χ4n) is 2.99. The summed E-state index contributed by atoms with van der Waals surface area (Å²) in [7, 11) is 0. The fraction of sp³-hybridized carbons (Fsp3) is 0.304. The summed E-state index contributed by atoms with van der Waals surface area (Å²) in [6.07, 6.45) is 4.04. The van der Waals surface area contributed by atoms with E-state index >= 15 is 0 Å². The van der Waals surface area contributed by atoms with E-state index in [4.69, 9.17) is 8.83 Å². The van der Waals surface area contributed by atoms with Crippen LogP contribution in [-0.2, 0) is 6.42 Å². The minimum atomic E-state index is 0.277.